The second kappa shape index (κ2) is 4.21. The predicted octanol–water partition coefficient (Wildman–Crippen LogP) is 0.380. The van der Waals surface area contributed by atoms with Crippen molar-refractivity contribution in [2.24, 2.45) is 5.92 Å². The van der Waals surface area contributed by atoms with Gasteiger partial charge in [-0.1, -0.05) is 6.92 Å². The van der Waals surface area contributed by atoms with Crippen molar-refractivity contribution in [3.05, 3.63) is 0 Å². The molecule has 0 bridgehead atoms. The molecule has 0 aliphatic carbocycles. The van der Waals surface area contributed by atoms with Crippen LogP contribution < -0.4 is 5.32 Å². The van der Waals surface area contributed by atoms with Gasteiger partial charge in [-0.25, -0.2) is 0 Å². The lowest BCUT2D eigenvalue weighted by Gasteiger charge is -2.17. The second-order valence-electron chi connectivity index (χ2n) is 3.76. The molecule has 0 aromatic rings. The summed E-state index contributed by atoms with van der Waals surface area (Å²) in [6.45, 7) is 7.49. The quantitative estimate of drug-likeness (QED) is 0.648. The van der Waals surface area contributed by atoms with Gasteiger partial charge in [0, 0.05) is 12.6 Å². The van der Waals surface area contributed by atoms with Crippen LogP contribution in [0.2, 0.25) is 0 Å². The van der Waals surface area contributed by atoms with Crippen LogP contribution in [0.5, 0.6) is 0 Å². The molecule has 1 fully saturated rings. The minimum Gasteiger partial charge on any atom is -0.392 e. The summed E-state index contributed by atoms with van der Waals surface area (Å²) in [6.07, 6.45) is 0.0737. The Morgan fingerprint density at radius 1 is 1.58 bits per heavy atom. The lowest BCUT2D eigenvalue weighted by molar-refractivity contribution is 0.108. The Balaban J connectivity index is 2.24. The van der Waals surface area contributed by atoms with E-state index in [1.165, 1.54) is 0 Å². The van der Waals surface area contributed by atoms with E-state index < -0.39 is 0 Å². The SMILES string of the molecule is CC1OCC(NC[C@H](C)O)C1C. The van der Waals surface area contributed by atoms with Gasteiger partial charge < -0.3 is 15.2 Å². The molecular formula is C9H19NO2. The molecule has 1 aliphatic rings. The van der Waals surface area contributed by atoms with Crippen molar-refractivity contribution in [2.45, 2.75) is 39.0 Å². The van der Waals surface area contributed by atoms with E-state index in [4.69, 9.17) is 9.84 Å². The highest BCUT2D eigenvalue weighted by Crippen LogP contribution is 2.19. The Kier molecular flexibility index (Phi) is 3.50. The van der Waals surface area contributed by atoms with E-state index in [1.54, 1.807) is 6.92 Å². The van der Waals surface area contributed by atoms with Gasteiger partial charge in [0.2, 0.25) is 0 Å². The lowest BCUT2D eigenvalue weighted by Crippen LogP contribution is -2.39. The van der Waals surface area contributed by atoms with Crippen molar-refractivity contribution in [1.29, 1.82) is 0 Å². The van der Waals surface area contributed by atoms with Crippen LogP contribution in [-0.4, -0.2) is 36.5 Å². The fourth-order valence-corrected chi connectivity index (χ4v) is 1.45. The Morgan fingerprint density at radius 3 is 2.67 bits per heavy atom. The predicted molar refractivity (Wildman–Crippen MR) is 48.0 cm³/mol. The zero-order valence-corrected chi connectivity index (χ0v) is 8.08. The summed E-state index contributed by atoms with van der Waals surface area (Å²) in [4.78, 5) is 0. The van der Waals surface area contributed by atoms with Gasteiger partial charge >= 0.3 is 0 Å². The Hall–Kier alpha value is -0.120. The fourth-order valence-electron chi connectivity index (χ4n) is 1.45. The van der Waals surface area contributed by atoms with E-state index >= 15 is 0 Å². The second-order valence-corrected chi connectivity index (χ2v) is 3.76. The normalized spacial score (nSPS) is 38.5. The number of hydrogen-bond acceptors (Lipinski definition) is 3. The molecule has 1 heterocycles. The molecule has 12 heavy (non-hydrogen) atoms. The van der Waals surface area contributed by atoms with Gasteiger partial charge in [-0.3, -0.25) is 0 Å². The highest BCUT2D eigenvalue weighted by atomic mass is 16.5. The van der Waals surface area contributed by atoms with Crippen molar-refractivity contribution < 1.29 is 9.84 Å². The topological polar surface area (TPSA) is 41.5 Å². The van der Waals surface area contributed by atoms with Gasteiger partial charge in [0.1, 0.15) is 0 Å². The minimum absolute atomic E-state index is 0.270. The molecule has 3 unspecified atom stereocenters. The average Bonchev–Trinajstić information content (AvgIpc) is 2.30. The van der Waals surface area contributed by atoms with Crippen LogP contribution in [0.4, 0.5) is 0 Å². The number of hydrogen-bond donors (Lipinski definition) is 2. The molecule has 0 saturated carbocycles. The first-order valence-corrected chi connectivity index (χ1v) is 4.64. The molecule has 2 N–H and O–H groups in total. The van der Waals surface area contributed by atoms with Crippen LogP contribution in [0.25, 0.3) is 0 Å². The molecule has 1 aliphatic heterocycles. The molecule has 1 saturated heterocycles. The largest absolute Gasteiger partial charge is 0.392 e. The van der Waals surface area contributed by atoms with Gasteiger partial charge in [0.05, 0.1) is 18.8 Å². The molecule has 0 spiro atoms. The van der Waals surface area contributed by atoms with E-state index in [0.717, 1.165) is 6.61 Å². The Bertz CT molecular complexity index is 138. The van der Waals surface area contributed by atoms with Gasteiger partial charge in [-0.2, -0.15) is 0 Å². The first kappa shape index (κ1) is 9.96. The molecule has 1 rings (SSSR count). The Morgan fingerprint density at radius 2 is 2.25 bits per heavy atom. The van der Waals surface area contributed by atoms with E-state index in [2.05, 4.69) is 19.2 Å². The van der Waals surface area contributed by atoms with Crippen molar-refractivity contribution in [1.82, 2.24) is 5.32 Å². The van der Waals surface area contributed by atoms with Crippen LogP contribution in [0, 0.1) is 5.92 Å². The molecular weight excluding hydrogens is 154 g/mol. The zero-order valence-electron chi connectivity index (χ0n) is 8.08. The maximum Gasteiger partial charge on any atom is 0.0636 e. The van der Waals surface area contributed by atoms with Gasteiger partial charge in [0.15, 0.2) is 0 Å². The average molecular weight is 173 g/mol. The van der Waals surface area contributed by atoms with Crippen LogP contribution in [0.15, 0.2) is 0 Å². The maximum absolute atomic E-state index is 9.06. The summed E-state index contributed by atoms with van der Waals surface area (Å²) in [7, 11) is 0. The van der Waals surface area contributed by atoms with Crippen LogP contribution >= 0.6 is 0 Å². The van der Waals surface area contributed by atoms with Gasteiger partial charge in [0.25, 0.3) is 0 Å². The molecule has 72 valence electrons. The summed E-state index contributed by atoms with van der Waals surface area (Å²) in [5, 5.41) is 12.3. The van der Waals surface area contributed by atoms with Crippen LogP contribution in [0.1, 0.15) is 20.8 Å². The molecule has 0 aromatic carbocycles. The van der Waals surface area contributed by atoms with Crippen molar-refractivity contribution in [3.63, 3.8) is 0 Å². The molecule has 0 amide bonds. The standard InChI is InChI=1S/C9H19NO2/c1-6(11)4-10-9-5-12-8(3)7(9)2/h6-11H,4-5H2,1-3H3/t6-,7?,8?,9?/m0/s1. The fraction of sp³-hybridized carbons (Fsp3) is 1.00. The third-order valence-electron chi connectivity index (χ3n) is 2.59. The number of rotatable bonds is 3. The van der Waals surface area contributed by atoms with Crippen molar-refractivity contribution in [3.8, 4) is 0 Å². The molecule has 4 atom stereocenters. The maximum atomic E-state index is 9.06. The number of aliphatic hydroxyl groups excluding tert-OH is 1. The van der Waals surface area contributed by atoms with E-state index in [0.29, 0.717) is 24.6 Å². The molecule has 0 aromatic heterocycles. The highest BCUT2D eigenvalue weighted by molar-refractivity contribution is 4.83. The zero-order chi connectivity index (χ0) is 9.14. The van der Waals surface area contributed by atoms with E-state index in [1.807, 2.05) is 0 Å². The summed E-state index contributed by atoms with van der Waals surface area (Å²) >= 11 is 0. The lowest BCUT2D eigenvalue weighted by atomic mass is 10.0. The summed E-state index contributed by atoms with van der Waals surface area (Å²) < 4.78 is 5.47. The smallest absolute Gasteiger partial charge is 0.0636 e. The van der Waals surface area contributed by atoms with Crippen molar-refractivity contribution >= 4 is 0 Å². The minimum atomic E-state index is -0.270. The number of aliphatic hydroxyl groups is 1. The molecule has 3 heteroatoms. The van der Waals surface area contributed by atoms with E-state index in [-0.39, 0.29) is 6.10 Å². The third-order valence-corrected chi connectivity index (χ3v) is 2.59. The van der Waals surface area contributed by atoms with Crippen LogP contribution in [0.3, 0.4) is 0 Å². The summed E-state index contributed by atoms with van der Waals surface area (Å²) in [5.41, 5.74) is 0. The van der Waals surface area contributed by atoms with Gasteiger partial charge in [-0.15, -0.1) is 0 Å². The number of nitrogens with one attached hydrogen (secondary N) is 1. The highest BCUT2D eigenvalue weighted by Gasteiger charge is 2.30. The molecule has 0 radical (unpaired) electrons. The van der Waals surface area contributed by atoms with Gasteiger partial charge in [-0.05, 0) is 19.8 Å². The monoisotopic (exact) mass is 173 g/mol. The molecule has 3 nitrogen and oxygen atoms in total. The van der Waals surface area contributed by atoms with Crippen molar-refractivity contribution in [2.75, 3.05) is 13.2 Å². The van der Waals surface area contributed by atoms with E-state index in [9.17, 15) is 0 Å². The third kappa shape index (κ3) is 2.44. The Labute approximate surface area is 74.1 Å². The van der Waals surface area contributed by atoms with Crippen LogP contribution in [-0.2, 0) is 4.74 Å². The number of ether oxygens (including phenoxy) is 1. The first-order chi connectivity index (χ1) is 5.61. The summed E-state index contributed by atoms with van der Waals surface area (Å²) in [6, 6.07) is 0.412. The summed E-state index contributed by atoms with van der Waals surface area (Å²) in [5.74, 6) is 0.545. The first-order valence-electron chi connectivity index (χ1n) is 4.64.